The second-order valence-corrected chi connectivity index (χ2v) is 7.17. The second-order valence-electron chi connectivity index (χ2n) is 6.00. The van der Waals surface area contributed by atoms with E-state index >= 15 is 0 Å². The minimum Gasteiger partial charge on any atom is -0.360 e. The molecule has 6 nitrogen and oxygen atoms in total. The smallest absolute Gasteiger partial charge is 0.239 e. The van der Waals surface area contributed by atoms with Crippen LogP contribution >= 0.6 is 11.8 Å². The first-order chi connectivity index (χ1) is 12.1. The molecular formula is C18H22N4O2S. The van der Waals surface area contributed by atoms with E-state index in [0.29, 0.717) is 11.6 Å². The monoisotopic (exact) mass is 358 g/mol. The summed E-state index contributed by atoms with van der Waals surface area (Å²) in [5.41, 5.74) is 2.00. The molecule has 0 radical (unpaired) electrons. The molecule has 3 rings (SSSR count). The summed E-state index contributed by atoms with van der Waals surface area (Å²) >= 11 is 1.50. The molecule has 1 N–H and O–H groups in total. The maximum Gasteiger partial charge on any atom is 0.239 e. The van der Waals surface area contributed by atoms with Crippen molar-refractivity contribution in [3.63, 3.8) is 0 Å². The lowest BCUT2D eigenvalue weighted by molar-refractivity contribution is -0.115. The lowest BCUT2D eigenvalue weighted by Gasteiger charge is -2.14. The van der Waals surface area contributed by atoms with Gasteiger partial charge < -0.3 is 14.4 Å². The van der Waals surface area contributed by atoms with Crippen molar-refractivity contribution in [1.82, 2.24) is 14.7 Å². The van der Waals surface area contributed by atoms with Gasteiger partial charge in [0.25, 0.3) is 0 Å². The first kappa shape index (κ1) is 17.5. The van der Waals surface area contributed by atoms with Gasteiger partial charge in [0.15, 0.2) is 11.0 Å². The Balaban J connectivity index is 1.79. The predicted octanol–water partition coefficient (Wildman–Crippen LogP) is 4.16. The van der Waals surface area contributed by atoms with Crippen molar-refractivity contribution in [3.8, 4) is 0 Å². The highest BCUT2D eigenvalue weighted by Crippen LogP contribution is 2.29. The average molecular weight is 358 g/mol. The van der Waals surface area contributed by atoms with Gasteiger partial charge in [-0.25, -0.2) is 4.98 Å². The molecule has 0 aliphatic heterocycles. The van der Waals surface area contributed by atoms with Crippen molar-refractivity contribution < 1.29 is 9.32 Å². The highest BCUT2D eigenvalue weighted by molar-refractivity contribution is 8.00. The van der Waals surface area contributed by atoms with Gasteiger partial charge in [0, 0.05) is 13.1 Å². The summed E-state index contributed by atoms with van der Waals surface area (Å²) < 4.78 is 7.05. The van der Waals surface area contributed by atoms with Crippen LogP contribution in [0.4, 0.5) is 5.82 Å². The third-order valence-corrected chi connectivity index (χ3v) is 5.30. The van der Waals surface area contributed by atoms with Gasteiger partial charge in [0.1, 0.15) is 5.76 Å². The topological polar surface area (TPSA) is 73.0 Å². The molecule has 1 unspecified atom stereocenters. The van der Waals surface area contributed by atoms with Crippen molar-refractivity contribution in [1.29, 1.82) is 0 Å². The summed E-state index contributed by atoms with van der Waals surface area (Å²) in [6.07, 6.45) is 2.80. The number of hydrogen-bond donors (Lipinski definition) is 1. The maximum absolute atomic E-state index is 12.7. The van der Waals surface area contributed by atoms with E-state index in [2.05, 4.69) is 22.4 Å². The number of fused-ring (bicyclic) bond motifs is 1. The van der Waals surface area contributed by atoms with E-state index in [1.807, 2.05) is 35.9 Å². The summed E-state index contributed by atoms with van der Waals surface area (Å²) in [6, 6.07) is 9.70. The Morgan fingerprint density at radius 3 is 2.88 bits per heavy atom. The molecule has 2 heterocycles. The Morgan fingerprint density at radius 2 is 2.20 bits per heavy atom. The van der Waals surface area contributed by atoms with Gasteiger partial charge in [-0.3, -0.25) is 4.79 Å². The molecule has 0 spiro atoms. The lowest BCUT2D eigenvalue weighted by atomic mass is 10.2. The zero-order valence-electron chi connectivity index (χ0n) is 14.7. The molecule has 2 aromatic heterocycles. The molecule has 1 atom stereocenters. The van der Waals surface area contributed by atoms with Crippen LogP contribution in [0.5, 0.6) is 0 Å². The quantitative estimate of drug-likeness (QED) is 0.642. The number of nitrogens with zero attached hydrogens (tertiary/aromatic N) is 3. The molecule has 0 bridgehead atoms. The van der Waals surface area contributed by atoms with E-state index in [1.165, 1.54) is 11.8 Å². The predicted molar refractivity (Wildman–Crippen MR) is 99.8 cm³/mol. The zero-order chi connectivity index (χ0) is 17.8. The molecular weight excluding hydrogens is 336 g/mol. The van der Waals surface area contributed by atoms with Gasteiger partial charge in [-0.15, -0.1) is 0 Å². The van der Waals surface area contributed by atoms with Crippen LogP contribution in [-0.2, 0) is 11.8 Å². The van der Waals surface area contributed by atoms with Crippen LogP contribution in [0, 0.1) is 6.92 Å². The summed E-state index contributed by atoms with van der Waals surface area (Å²) in [5, 5.41) is 7.30. The summed E-state index contributed by atoms with van der Waals surface area (Å²) in [5.74, 6) is 1.05. The summed E-state index contributed by atoms with van der Waals surface area (Å²) in [7, 11) is 1.98. The molecule has 3 aromatic rings. The average Bonchev–Trinajstić information content (AvgIpc) is 3.15. The molecule has 0 aliphatic carbocycles. The number of imidazole rings is 1. The number of carbonyl (C=O) groups is 1. The number of anilines is 1. The number of hydrogen-bond acceptors (Lipinski definition) is 5. The third kappa shape index (κ3) is 4.04. The van der Waals surface area contributed by atoms with E-state index in [0.717, 1.165) is 35.5 Å². The lowest BCUT2D eigenvalue weighted by Crippen LogP contribution is -2.25. The zero-order valence-corrected chi connectivity index (χ0v) is 15.5. The molecule has 7 heteroatoms. The Morgan fingerprint density at radius 1 is 1.40 bits per heavy atom. The Hall–Kier alpha value is -2.28. The number of aryl methyl sites for hydroxylation is 2. The van der Waals surface area contributed by atoms with Gasteiger partial charge >= 0.3 is 0 Å². The molecule has 0 fully saturated rings. The van der Waals surface area contributed by atoms with Crippen molar-refractivity contribution in [2.24, 2.45) is 7.05 Å². The van der Waals surface area contributed by atoms with Crippen molar-refractivity contribution >= 4 is 34.5 Å². The van der Waals surface area contributed by atoms with Gasteiger partial charge in [0.2, 0.25) is 5.91 Å². The third-order valence-electron chi connectivity index (χ3n) is 3.99. The normalized spacial score (nSPS) is 12.4. The number of para-hydroxylation sites is 2. The van der Waals surface area contributed by atoms with E-state index in [4.69, 9.17) is 4.52 Å². The number of amides is 1. The van der Waals surface area contributed by atoms with Gasteiger partial charge in [-0.1, -0.05) is 48.8 Å². The fourth-order valence-corrected chi connectivity index (χ4v) is 3.73. The number of thioether (sulfide) groups is 1. The van der Waals surface area contributed by atoms with Gasteiger partial charge in [0.05, 0.1) is 16.3 Å². The first-order valence-corrected chi connectivity index (χ1v) is 9.28. The molecule has 0 saturated carbocycles. The minimum atomic E-state index is -0.229. The Bertz CT molecular complexity index is 871. The molecule has 132 valence electrons. The van der Waals surface area contributed by atoms with Crippen LogP contribution in [-0.4, -0.2) is 25.9 Å². The van der Waals surface area contributed by atoms with Crippen LogP contribution in [0.25, 0.3) is 11.0 Å². The molecule has 1 amide bonds. The molecule has 0 aliphatic rings. The maximum atomic E-state index is 12.7. The largest absolute Gasteiger partial charge is 0.360 e. The van der Waals surface area contributed by atoms with E-state index in [1.54, 1.807) is 13.0 Å². The van der Waals surface area contributed by atoms with Crippen LogP contribution in [0.1, 0.15) is 31.9 Å². The minimum absolute atomic E-state index is 0.0705. The number of carbonyl (C=O) groups excluding carboxylic acids is 1. The van der Waals surface area contributed by atoms with Crippen LogP contribution in [0.2, 0.25) is 0 Å². The number of nitrogens with one attached hydrogen (secondary N) is 1. The van der Waals surface area contributed by atoms with Crippen LogP contribution in [0.3, 0.4) is 0 Å². The highest BCUT2D eigenvalue weighted by Gasteiger charge is 2.23. The van der Waals surface area contributed by atoms with Crippen molar-refractivity contribution in [2.45, 2.75) is 43.5 Å². The standard InChI is InChI=1S/C18H22N4O2S/c1-4-5-10-15(17(23)20-16-11-12(2)24-21-16)25-18-19-13-8-6-7-9-14(13)22(18)3/h6-9,11,15H,4-5,10H2,1-3H3,(H,20,21,23). The van der Waals surface area contributed by atoms with E-state index in [-0.39, 0.29) is 11.2 Å². The second kappa shape index (κ2) is 7.74. The molecule has 25 heavy (non-hydrogen) atoms. The van der Waals surface area contributed by atoms with Crippen LogP contribution in [0.15, 0.2) is 40.0 Å². The number of aromatic nitrogens is 3. The van der Waals surface area contributed by atoms with Gasteiger partial charge in [-0.2, -0.15) is 0 Å². The summed E-state index contributed by atoms with van der Waals surface area (Å²) in [6.45, 7) is 3.92. The SMILES string of the molecule is CCCCC(Sc1nc2ccccc2n1C)C(=O)Nc1cc(C)on1. The number of unbranched alkanes of at least 4 members (excludes halogenated alkanes) is 1. The summed E-state index contributed by atoms with van der Waals surface area (Å²) in [4.78, 5) is 17.4. The van der Waals surface area contributed by atoms with Crippen LogP contribution < -0.4 is 5.32 Å². The number of benzene rings is 1. The van der Waals surface area contributed by atoms with Crippen molar-refractivity contribution in [2.75, 3.05) is 5.32 Å². The first-order valence-electron chi connectivity index (χ1n) is 8.40. The molecule has 0 saturated heterocycles. The molecule has 1 aromatic carbocycles. The van der Waals surface area contributed by atoms with Crippen molar-refractivity contribution in [3.05, 3.63) is 36.1 Å². The fourth-order valence-electron chi connectivity index (χ4n) is 2.62. The van der Waals surface area contributed by atoms with E-state index < -0.39 is 0 Å². The Labute approximate surface area is 151 Å². The van der Waals surface area contributed by atoms with Gasteiger partial charge in [-0.05, 0) is 25.5 Å². The number of rotatable bonds is 7. The highest BCUT2D eigenvalue weighted by atomic mass is 32.2. The fraction of sp³-hybridized carbons (Fsp3) is 0.389. The Kier molecular flexibility index (Phi) is 5.43. The van der Waals surface area contributed by atoms with E-state index in [9.17, 15) is 4.79 Å².